The maximum absolute atomic E-state index is 5.26. The molecule has 0 bridgehead atoms. The van der Waals surface area contributed by atoms with Gasteiger partial charge < -0.3 is 15.0 Å². The first-order valence-corrected chi connectivity index (χ1v) is 8.78. The summed E-state index contributed by atoms with van der Waals surface area (Å²) >= 11 is 0. The number of piperazine rings is 1. The monoisotopic (exact) mass is 326 g/mol. The molecule has 1 aliphatic rings. The summed E-state index contributed by atoms with van der Waals surface area (Å²) in [6.45, 7) is 6.12. The van der Waals surface area contributed by atoms with E-state index in [-0.39, 0.29) is 0 Å². The molecule has 1 aliphatic heterocycles. The van der Waals surface area contributed by atoms with Crippen LogP contribution in [0.5, 0.6) is 5.75 Å². The zero-order chi connectivity index (χ0) is 16.8. The Kier molecular flexibility index (Phi) is 5.64. The minimum atomic E-state index is 0.856. The molecule has 2 aromatic rings. The van der Waals surface area contributed by atoms with Gasteiger partial charge in [-0.25, -0.2) is 4.98 Å². The fraction of sp³-hybridized carbons (Fsp3) is 0.474. The van der Waals surface area contributed by atoms with Gasteiger partial charge in [0, 0.05) is 37.9 Å². The lowest BCUT2D eigenvalue weighted by molar-refractivity contribution is 0.415. The summed E-state index contributed by atoms with van der Waals surface area (Å²) in [7, 11) is 1.68. The van der Waals surface area contributed by atoms with E-state index in [0.717, 1.165) is 67.5 Å². The van der Waals surface area contributed by atoms with E-state index in [0.29, 0.717) is 0 Å². The second-order valence-corrected chi connectivity index (χ2v) is 6.10. The highest BCUT2D eigenvalue weighted by molar-refractivity contribution is 5.72. The summed E-state index contributed by atoms with van der Waals surface area (Å²) in [5, 5.41) is 3.40. The van der Waals surface area contributed by atoms with Gasteiger partial charge in [-0.05, 0) is 37.1 Å². The topological polar surface area (TPSA) is 50.3 Å². The Bertz CT molecular complexity index is 651. The van der Waals surface area contributed by atoms with Gasteiger partial charge in [-0.15, -0.1) is 0 Å². The Hall–Kier alpha value is -2.14. The third-order valence-electron chi connectivity index (χ3n) is 4.37. The Balaban J connectivity index is 1.95. The number of hydrogen-bond acceptors (Lipinski definition) is 5. The minimum Gasteiger partial charge on any atom is -0.497 e. The summed E-state index contributed by atoms with van der Waals surface area (Å²) in [5.41, 5.74) is 3.13. The summed E-state index contributed by atoms with van der Waals surface area (Å²) in [5.74, 6) is 1.87. The number of benzene rings is 1. The summed E-state index contributed by atoms with van der Waals surface area (Å²) in [6, 6.07) is 8.06. The fourth-order valence-corrected chi connectivity index (χ4v) is 2.94. The average Bonchev–Trinajstić information content (AvgIpc) is 2.67. The quantitative estimate of drug-likeness (QED) is 0.884. The Morgan fingerprint density at radius 1 is 1.17 bits per heavy atom. The summed E-state index contributed by atoms with van der Waals surface area (Å²) < 4.78 is 5.26. The molecule has 5 heteroatoms. The van der Waals surface area contributed by atoms with Crippen LogP contribution in [0.15, 0.2) is 30.5 Å². The largest absolute Gasteiger partial charge is 0.497 e. The van der Waals surface area contributed by atoms with Gasteiger partial charge in [-0.1, -0.05) is 13.3 Å². The predicted molar refractivity (Wildman–Crippen MR) is 97.7 cm³/mol. The average molecular weight is 326 g/mol. The number of hydrogen-bond donors (Lipinski definition) is 1. The lowest BCUT2D eigenvalue weighted by Gasteiger charge is -2.30. The molecular weight excluding hydrogens is 300 g/mol. The summed E-state index contributed by atoms with van der Waals surface area (Å²) in [6.07, 6.45) is 5.24. The number of methoxy groups -OCH3 is 1. The van der Waals surface area contributed by atoms with E-state index in [1.165, 1.54) is 6.42 Å². The zero-order valence-corrected chi connectivity index (χ0v) is 14.6. The smallest absolute Gasteiger partial charge is 0.155 e. The molecule has 0 atom stereocenters. The normalized spacial score (nSPS) is 14.7. The van der Waals surface area contributed by atoms with E-state index < -0.39 is 0 Å². The van der Waals surface area contributed by atoms with Crippen LogP contribution in [-0.2, 0) is 6.42 Å². The molecule has 0 radical (unpaired) electrons. The first kappa shape index (κ1) is 16.7. The number of nitrogens with one attached hydrogen (secondary N) is 1. The highest BCUT2D eigenvalue weighted by atomic mass is 16.5. The molecule has 1 saturated heterocycles. The Morgan fingerprint density at radius 2 is 1.92 bits per heavy atom. The lowest BCUT2D eigenvalue weighted by Crippen LogP contribution is -2.44. The highest BCUT2D eigenvalue weighted by Gasteiger charge is 2.18. The second kappa shape index (κ2) is 8.11. The van der Waals surface area contributed by atoms with E-state index in [2.05, 4.69) is 29.3 Å². The third-order valence-corrected chi connectivity index (χ3v) is 4.37. The molecule has 0 saturated carbocycles. The maximum atomic E-state index is 5.26. The molecule has 128 valence electrons. The number of aromatic nitrogens is 2. The maximum Gasteiger partial charge on any atom is 0.155 e. The highest BCUT2D eigenvalue weighted by Crippen LogP contribution is 2.29. The third kappa shape index (κ3) is 3.85. The molecule has 5 nitrogen and oxygen atoms in total. The van der Waals surface area contributed by atoms with Crippen LogP contribution < -0.4 is 15.0 Å². The van der Waals surface area contributed by atoms with Crippen molar-refractivity contribution in [1.29, 1.82) is 0 Å². The molecule has 0 unspecified atom stereocenters. The van der Waals surface area contributed by atoms with Crippen LogP contribution >= 0.6 is 0 Å². The van der Waals surface area contributed by atoms with E-state index in [1.54, 1.807) is 7.11 Å². The number of rotatable bonds is 6. The van der Waals surface area contributed by atoms with Crippen molar-refractivity contribution in [2.75, 3.05) is 38.2 Å². The molecule has 0 aliphatic carbocycles. The second-order valence-electron chi connectivity index (χ2n) is 6.10. The van der Waals surface area contributed by atoms with Gasteiger partial charge in [-0.3, -0.25) is 4.98 Å². The van der Waals surface area contributed by atoms with Crippen molar-refractivity contribution in [3.05, 3.63) is 36.2 Å². The van der Waals surface area contributed by atoms with Gasteiger partial charge in [0.25, 0.3) is 0 Å². The van der Waals surface area contributed by atoms with E-state index in [1.807, 2.05) is 18.3 Å². The predicted octanol–water partition coefficient (Wildman–Crippen LogP) is 2.90. The first-order chi connectivity index (χ1) is 11.8. The van der Waals surface area contributed by atoms with Crippen molar-refractivity contribution >= 4 is 5.82 Å². The van der Waals surface area contributed by atoms with Crippen molar-refractivity contribution in [3.8, 4) is 17.0 Å². The van der Waals surface area contributed by atoms with Gasteiger partial charge in [0.1, 0.15) is 11.4 Å². The van der Waals surface area contributed by atoms with Crippen molar-refractivity contribution in [3.63, 3.8) is 0 Å². The Morgan fingerprint density at radius 3 is 2.58 bits per heavy atom. The van der Waals surface area contributed by atoms with Crippen LogP contribution in [-0.4, -0.2) is 43.3 Å². The molecule has 2 heterocycles. The van der Waals surface area contributed by atoms with Crippen LogP contribution in [0.2, 0.25) is 0 Å². The molecule has 0 amide bonds. The molecular formula is C19H26N4O. The summed E-state index contributed by atoms with van der Waals surface area (Å²) in [4.78, 5) is 12.1. The molecule has 1 aromatic carbocycles. The van der Waals surface area contributed by atoms with Gasteiger partial charge in [-0.2, -0.15) is 0 Å². The van der Waals surface area contributed by atoms with Crippen molar-refractivity contribution in [1.82, 2.24) is 15.3 Å². The van der Waals surface area contributed by atoms with Gasteiger partial charge in [0.05, 0.1) is 12.8 Å². The van der Waals surface area contributed by atoms with Crippen molar-refractivity contribution in [2.24, 2.45) is 0 Å². The SMILES string of the molecule is CCCCc1cnc(-c2ccc(OC)cc2)c(N2CCNCC2)n1. The van der Waals surface area contributed by atoms with Crippen LogP contribution in [0.3, 0.4) is 0 Å². The number of aryl methyl sites for hydroxylation is 1. The Labute approximate surface area is 144 Å². The van der Waals surface area contributed by atoms with Crippen LogP contribution in [0.1, 0.15) is 25.5 Å². The van der Waals surface area contributed by atoms with E-state index in [4.69, 9.17) is 14.7 Å². The zero-order valence-electron chi connectivity index (χ0n) is 14.6. The molecule has 1 N–H and O–H groups in total. The van der Waals surface area contributed by atoms with Crippen LogP contribution in [0.4, 0.5) is 5.82 Å². The molecule has 0 spiro atoms. The van der Waals surface area contributed by atoms with Gasteiger partial charge >= 0.3 is 0 Å². The van der Waals surface area contributed by atoms with Crippen molar-refractivity contribution < 1.29 is 4.74 Å². The minimum absolute atomic E-state index is 0.856. The molecule has 3 rings (SSSR count). The molecule has 1 aromatic heterocycles. The number of unbranched alkanes of at least 4 members (excludes halogenated alkanes) is 1. The number of anilines is 1. The van der Waals surface area contributed by atoms with Crippen molar-refractivity contribution in [2.45, 2.75) is 26.2 Å². The molecule has 24 heavy (non-hydrogen) atoms. The van der Waals surface area contributed by atoms with Gasteiger partial charge in [0.15, 0.2) is 5.82 Å². The first-order valence-electron chi connectivity index (χ1n) is 8.78. The van der Waals surface area contributed by atoms with E-state index in [9.17, 15) is 0 Å². The standard InChI is InChI=1S/C19H26N4O/c1-3-4-5-16-14-21-18(15-6-8-17(24-2)9-7-15)19(22-16)23-12-10-20-11-13-23/h6-9,14,20H,3-5,10-13H2,1-2H3. The van der Waals surface area contributed by atoms with Crippen LogP contribution in [0.25, 0.3) is 11.3 Å². The molecule has 1 fully saturated rings. The number of nitrogens with zero attached hydrogens (tertiary/aromatic N) is 3. The lowest BCUT2D eigenvalue weighted by atomic mass is 10.1. The number of ether oxygens (including phenoxy) is 1. The van der Waals surface area contributed by atoms with Crippen LogP contribution in [0, 0.1) is 0 Å². The van der Waals surface area contributed by atoms with E-state index >= 15 is 0 Å². The fourth-order valence-electron chi connectivity index (χ4n) is 2.94. The van der Waals surface area contributed by atoms with Gasteiger partial charge in [0.2, 0.25) is 0 Å².